The summed E-state index contributed by atoms with van der Waals surface area (Å²) in [5.74, 6) is -2.46. The molecule has 0 aliphatic carbocycles. The van der Waals surface area contributed by atoms with E-state index in [9.17, 15) is 18.0 Å². The molecular weight excluding hydrogens is 247 g/mol. The van der Waals surface area contributed by atoms with Gasteiger partial charge in [0.05, 0.1) is 7.11 Å². The zero-order valence-corrected chi connectivity index (χ0v) is 8.89. The summed E-state index contributed by atoms with van der Waals surface area (Å²) in [7, 11) is 1.00. The van der Waals surface area contributed by atoms with Crippen LogP contribution in [0.4, 0.5) is 13.2 Å². The van der Waals surface area contributed by atoms with Crippen molar-refractivity contribution in [1.29, 1.82) is 0 Å². The molecule has 0 bridgehead atoms. The van der Waals surface area contributed by atoms with Crippen LogP contribution in [0.5, 0.6) is 0 Å². The van der Waals surface area contributed by atoms with Crippen molar-refractivity contribution in [2.45, 2.75) is 12.3 Å². The monoisotopic (exact) mass is 253 g/mol. The summed E-state index contributed by atoms with van der Waals surface area (Å²) < 4.78 is 42.5. The van der Waals surface area contributed by atoms with Crippen molar-refractivity contribution in [2.75, 3.05) is 7.11 Å². The summed E-state index contributed by atoms with van der Waals surface area (Å²) >= 11 is 5.36. The van der Waals surface area contributed by atoms with Crippen LogP contribution in [0.15, 0.2) is 6.07 Å². The van der Waals surface area contributed by atoms with Gasteiger partial charge in [0.2, 0.25) is 0 Å². The lowest BCUT2D eigenvalue weighted by Crippen LogP contribution is -2.11. The number of methoxy groups -OCH3 is 1. The van der Waals surface area contributed by atoms with E-state index in [1.54, 1.807) is 0 Å². The molecule has 16 heavy (non-hydrogen) atoms. The zero-order valence-electron chi connectivity index (χ0n) is 8.14. The smallest absolute Gasteiger partial charge is 0.359 e. The molecule has 0 radical (unpaired) electrons. The van der Waals surface area contributed by atoms with E-state index in [1.807, 2.05) is 0 Å². The number of nitrogens with zero attached hydrogens (tertiary/aromatic N) is 1. The summed E-state index contributed by atoms with van der Waals surface area (Å²) in [6, 6.07) is 0.758. The summed E-state index contributed by atoms with van der Waals surface area (Å²) in [6.07, 6.45) is -2.93. The lowest BCUT2D eigenvalue weighted by Gasteiger charge is -2.08. The van der Waals surface area contributed by atoms with Gasteiger partial charge in [0.25, 0.3) is 6.43 Å². The van der Waals surface area contributed by atoms with Crippen molar-refractivity contribution in [3.63, 3.8) is 0 Å². The number of halogens is 4. The van der Waals surface area contributed by atoms with Crippen LogP contribution < -0.4 is 0 Å². The minimum atomic E-state index is -2.93. The molecule has 0 aliphatic heterocycles. The summed E-state index contributed by atoms with van der Waals surface area (Å²) in [5.41, 5.74) is -1.63. The fourth-order valence-corrected chi connectivity index (χ4v) is 1.29. The fraction of sp³-hybridized carbons (Fsp3) is 0.333. The van der Waals surface area contributed by atoms with Gasteiger partial charge in [-0.25, -0.2) is 22.9 Å². The van der Waals surface area contributed by atoms with E-state index in [0.29, 0.717) is 0 Å². The van der Waals surface area contributed by atoms with Crippen molar-refractivity contribution in [2.24, 2.45) is 0 Å². The van der Waals surface area contributed by atoms with E-state index >= 15 is 0 Å². The maximum Gasteiger partial charge on any atom is 0.359 e. The maximum atomic E-state index is 13.3. The summed E-state index contributed by atoms with van der Waals surface area (Å²) in [6.45, 7) is 0. The molecule has 3 nitrogen and oxygen atoms in total. The first-order valence-electron chi connectivity index (χ1n) is 4.13. The van der Waals surface area contributed by atoms with Gasteiger partial charge >= 0.3 is 5.97 Å². The molecule has 7 heteroatoms. The van der Waals surface area contributed by atoms with Gasteiger partial charge in [-0.15, -0.1) is 11.6 Å². The Morgan fingerprint density at radius 3 is 2.69 bits per heavy atom. The van der Waals surface area contributed by atoms with E-state index in [2.05, 4.69) is 9.72 Å². The van der Waals surface area contributed by atoms with Crippen LogP contribution in [-0.4, -0.2) is 18.1 Å². The molecule has 0 unspecified atom stereocenters. The van der Waals surface area contributed by atoms with Crippen LogP contribution in [0.25, 0.3) is 0 Å². The van der Waals surface area contributed by atoms with Gasteiger partial charge in [0, 0.05) is 5.88 Å². The molecule has 0 amide bonds. The van der Waals surface area contributed by atoms with Gasteiger partial charge in [-0.3, -0.25) is 0 Å². The highest BCUT2D eigenvalue weighted by Gasteiger charge is 2.22. The highest BCUT2D eigenvalue weighted by atomic mass is 35.5. The molecule has 1 heterocycles. The average molecular weight is 254 g/mol. The van der Waals surface area contributed by atoms with E-state index in [-0.39, 0.29) is 11.4 Å². The van der Waals surface area contributed by atoms with Crippen molar-refractivity contribution in [3.8, 4) is 0 Å². The Bertz CT molecular complexity index is 412. The lowest BCUT2D eigenvalue weighted by molar-refractivity contribution is 0.0586. The molecule has 0 aliphatic rings. The van der Waals surface area contributed by atoms with Gasteiger partial charge in [0.15, 0.2) is 11.5 Å². The standard InChI is InChI=1S/C9H7ClF3NO2/c1-16-9(15)7-5(11)2-4(3-10)6(14-7)8(12)13/h2,8H,3H2,1H3. The van der Waals surface area contributed by atoms with Gasteiger partial charge in [0.1, 0.15) is 5.69 Å². The minimum Gasteiger partial charge on any atom is -0.464 e. The van der Waals surface area contributed by atoms with Crippen LogP contribution in [0.2, 0.25) is 0 Å². The van der Waals surface area contributed by atoms with Crippen molar-refractivity contribution in [1.82, 2.24) is 4.98 Å². The molecular formula is C9H7ClF3NO2. The third-order valence-electron chi connectivity index (χ3n) is 1.82. The van der Waals surface area contributed by atoms with E-state index < -0.39 is 29.6 Å². The molecule has 88 valence electrons. The third kappa shape index (κ3) is 2.44. The molecule has 0 spiro atoms. The van der Waals surface area contributed by atoms with Gasteiger partial charge in [-0.05, 0) is 11.6 Å². The number of carbonyl (C=O) groups excluding carboxylic acids is 1. The summed E-state index contributed by atoms with van der Waals surface area (Å²) in [4.78, 5) is 14.2. The van der Waals surface area contributed by atoms with Gasteiger partial charge in [-0.1, -0.05) is 0 Å². The Morgan fingerprint density at radius 1 is 1.62 bits per heavy atom. The first kappa shape index (κ1) is 12.8. The number of esters is 1. The zero-order chi connectivity index (χ0) is 12.3. The van der Waals surface area contributed by atoms with E-state index in [0.717, 1.165) is 13.2 Å². The average Bonchev–Trinajstić information content (AvgIpc) is 2.27. The number of pyridine rings is 1. The molecule has 0 N–H and O–H groups in total. The number of hydrogen-bond donors (Lipinski definition) is 0. The first-order valence-corrected chi connectivity index (χ1v) is 4.66. The Labute approximate surface area is 94.2 Å². The second kappa shape index (κ2) is 5.16. The number of alkyl halides is 3. The van der Waals surface area contributed by atoms with Gasteiger partial charge < -0.3 is 4.74 Å². The molecule has 0 saturated carbocycles. The van der Waals surface area contributed by atoms with Crippen LogP contribution in [0, 0.1) is 5.82 Å². The first-order chi connectivity index (χ1) is 7.51. The number of aromatic nitrogens is 1. The van der Waals surface area contributed by atoms with E-state index in [4.69, 9.17) is 11.6 Å². The Hall–Kier alpha value is -1.30. The molecule has 1 rings (SSSR count). The highest BCUT2D eigenvalue weighted by Crippen LogP contribution is 2.24. The van der Waals surface area contributed by atoms with Crippen LogP contribution in [-0.2, 0) is 10.6 Å². The topological polar surface area (TPSA) is 39.2 Å². The Kier molecular flexibility index (Phi) is 4.12. The predicted octanol–water partition coefficient (Wildman–Crippen LogP) is 2.68. The second-order valence-corrected chi connectivity index (χ2v) is 3.06. The molecule has 0 aromatic carbocycles. The van der Waals surface area contributed by atoms with Crippen molar-refractivity contribution < 1.29 is 22.7 Å². The number of carbonyl (C=O) groups is 1. The lowest BCUT2D eigenvalue weighted by atomic mass is 10.2. The normalized spacial score (nSPS) is 10.6. The molecule has 1 aromatic heterocycles. The quantitative estimate of drug-likeness (QED) is 0.614. The Balaban J connectivity index is 3.33. The van der Waals surface area contributed by atoms with Crippen molar-refractivity contribution in [3.05, 3.63) is 28.8 Å². The van der Waals surface area contributed by atoms with Crippen LogP contribution in [0.1, 0.15) is 28.2 Å². The van der Waals surface area contributed by atoms with E-state index in [1.165, 1.54) is 0 Å². The summed E-state index contributed by atoms with van der Waals surface area (Å²) in [5, 5.41) is 0. The number of hydrogen-bond acceptors (Lipinski definition) is 3. The minimum absolute atomic E-state index is 0.151. The van der Waals surface area contributed by atoms with Gasteiger partial charge in [-0.2, -0.15) is 0 Å². The highest BCUT2D eigenvalue weighted by molar-refractivity contribution is 6.17. The maximum absolute atomic E-state index is 13.3. The predicted molar refractivity (Wildman–Crippen MR) is 50.0 cm³/mol. The molecule has 0 saturated heterocycles. The molecule has 1 aromatic rings. The fourth-order valence-electron chi connectivity index (χ4n) is 1.08. The van der Waals surface area contributed by atoms with Crippen LogP contribution >= 0.6 is 11.6 Å². The van der Waals surface area contributed by atoms with Crippen LogP contribution in [0.3, 0.4) is 0 Å². The third-order valence-corrected chi connectivity index (χ3v) is 2.11. The SMILES string of the molecule is COC(=O)c1nc(C(F)F)c(CCl)cc1F. The molecule has 0 atom stereocenters. The van der Waals surface area contributed by atoms with Crippen molar-refractivity contribution >= 4 is 17.6 Å². The second-order valence-electron chi connectivity index (χ2n) is 2.79. The Morgan fingerprint density at radius 2 is 2.25 bits per heavy atom. The number of ether oxygens (including phenoxy) is 1. The number of rotatable bonds is 3. The largest absolute Gasteiger partial charge is 0.464 e. The molecule has 0 fully saturated rings.